The number of benzene rings is 1. The fraction of sp³-hybridized carbons (Fsp3) is 0.375. The van der Waals surface area contributed by atoms with Crippen LogP contribution >= 0.6 is 11.3 Å². The Balaban J connectivity index is 1.88. The molecule has 0 fully saturated rings. The van der Waals surface area contributed by atoms with Crippen LogP contribution in [0.15, 0.2) is 35.7 Å². The maximum absolute atomic E-state index is 12.7. The predicted molar refractivity (Wildman–Crippen MR) is 80.2 cm³/mol. The number of alkyl halides is 3. The molecule has 0 saturated heterocycles. The molecule has 2 atom stereocenters. The van der Waals surface area contributed by atoms with E-state index >= 15 is 0 Å². The smallest absolute Gasteiger partial charge is 0.371 e. The molecule has 0 radical (unpaired) electrons. The van der Waals surface area contributed by atoms with Crippen LogP contribution in [-0.4, -0.2) is 20.2 Å². The zero-order chi connectivity index (χ0) is 15.7. The zero-order valence-corrected chi connectivity index (χ0v) is 12.8. The van der Waals surface area contributed by atoms with Gasteiger partial charge in [-0.25, -0.2) is 0 Å². The third kappa shape index (κ3) is 2.91. The summed E-state index contributed by atoms with van der Waals surface area (Å²) < 4.78 is 43.9. The van der Waals surface area contributed by atoms with Crippen LogP contribution in [0.25, 0.3) is 0 Å². The van der Waals surface area contributed by atoms with Gasteiger partial charge in [0, 0.05) is 17.3 Å². The van der Waals surface area contributed by atoms with Crippen molar-refractivity contribution in [2.24, 2.45) is 0 Å². The first-order chi connectivity index (χ1) is 10.5. The molecule has 0 spiro atoms. The number of nitrogens with one attached hydrogen (secondary N) is 1. The monoisotopic (exact) mass is 327 g/mol. The summed E-state index contributed by atoms with van der Waals surface area (Å²) in [6.07, 6.45) is -4.29. The summed E-state index contributed by atoms with van der Waals surface area (Å²) in [5.74, 6) is 0.00499. The van der Waals surface area contributed by atoms with Gasteiger partial charge in [-0.1, -0.05) is 12.1 Å². The van der Waals surface area contributed by atoms with E-state index in [0.717, 1.165) is 29.8 Å². The summed E-state index contributed by atoms with van der Waals surface area (Å²) in [6, 6.07) is 7.43. The predicted octanol–water partition coefficient (Wildman–Crippen LogP) is 4.19. The molecule has 2 nitrogen and oxygen atoms in total. The highest BCUT2D eigenvalue weighted by Crippen LogP contribution is 2.41. The van der Waals surface area contributed by atoms with Crippen molar-refractivity contribution >= 4 is 11.3 Å². The molecule has 0 amide bonds. The number of thiophene rings is 1. The van der Waals surface area contributed by atoms with E-state index in [1.807, 2.05) is 18.5 Å². The highest BCUT2D eigenvalue weighted by molar-refractivity contribution is 7.10. The number of halogens is 3. The van der Waals surface area contributed by atoms with Gasteiger partial charge in [0.05, 0.1) is 18.3 Å². The molecule has 2 heterocycles. The standard InChI is InChI=1S/C16H16F3NOS/c1-20-8-14-12-6-7-22-15(12)13(9-21-14)10-2-4-11(5-3-10)16(17,18)19/h2-7,13-14,20H,8-9H2,1H3. The first kappa shape index (κ1) is 15.5. The highest BCUT2D eigenvalue weighted by Gasteiger charge is 2.32. The lowest BCUT2D eigenvalue weighted by molar-refractivity contribution is -0.137. The van der Waals surface area contributed by atoms with Crippen LogP contribution in [0.1, 0.15) is 33.6 Å². The molecule has 0 saturated carbocycles. The van der Waals surface area contributed by atoms with Crippen molar-refractivity contribution in [3.05, 3.63) is 57.3 Å². The molecule has 1 aromatic carbocycles. The Hall–Kier alpha value is -1.37. The Kier molecular flexibility index (Phi) is 4.25. The van der Waals surface area contributed by atoms with Crippen LogP contribution in [0, 0.1) is 0 Å². The Bertz CT molecular complexity index is 636. The molecular formula is C16H16F3NOS. The molecular weight excluding hydrogens is 311 g/mol. The van der Waals surface area contributed by atoms with Gasteiger partial charge >= 0.3 is 6.18 Å². The van der Waals surface area contributed by atoms with E-state index in [1.165, 1.54) is 4.88 Å². The van der Waals surface area contributed by atoms with Gasteiger partial charge in [-0.15, -0.1) is 11.3 Å². The number of hydrogen-bond acceptors (Lipinski definition) is 3. The van der Waals surface area contributed by atoms with E-state index in [1.54, 1.807) is 23.5 Å². The van der Waals surface area contributed by atoms with Crippen molar-refractivity contribution in [3.8, 4) is 0 Å². The lowest BCUT2D eigenvalue weighted by atomic mass is 9.91. The first-order valence-corrected chi connectivity index (χ1v) is 7.89. The molecule has 6 heteroatoms. The Morgan fingerprint density at radius 3 is 2.59 bits per heavy atom. The van der Waals surface area contributed by atoms with E-state index in [2.05, 4.69) is 5.32 Å². The second-order valence-corrected chi connectivity index (χ2v) is 6.24. The van der Waals surface area contributed by atoms with Crippen LogP contribution in [0.2, 0.25) is 0 Å². The summed E-state index contributed by atoms with van der Waals surface area (Å²) in [6.45, 7) is 1.22. The van der Waals surface area contributed by atoms with Crippen LogP contribution in [-0.2, 0) is 10.9 Å². The van der Waals surface area contributed by atoms with Crippen LogP contribution in [0.3, 0.4) is 0 Å². The second-order valence-electron chi connectivity index (χ2n) is 5.29. The largest absolute Gasteiger partial charge is 0.416 e. The summed E-state index contributed by atoms with van der Waals surface area (Å²) in [5.41, 5.74) is 1.38. The number of hydrogen-bond donors (Lipinski definition) is 1. The zero-order valence-electron chi connectivity index (χ0n) is 12.0. The fourth-order valence-electron chi connectivity index (χ4n) is 2.76. The SMILES string of the molecule is CNCC1OCC(c2ccc(C(F)(F)F)cc2)c2sccc21. The number of ether oxygens (including phenoxy) is 1. The molecule has 1 aliphatic heterocycles. The van der Waals surface area contributed by atoms with Crippen molar-refractivity contribution in [3.63, 3.8) is 0 Å². The molecule has 2 aromatic rings. The van der Waals surface area contributed by atoms with Crippen molar-refractivity contribution < 1.29 is 17.9 Å². The molecule has 1 N–H and O–H groups in total. The highest BCUT2D eigenvalue weighted by atomic mass is 32.1. The second kappa shape index (κ2) is 6.02. The summed E-state index contributed by atoms with van der Waals surface area (Å²) in [4.78, 5) is 1.19. The minimum absolute atomic E-state index is 0.00499. The minimum atomic E-state index is -4.30. The average Bonchev–Trinajstić information content (AvgIpc) is 2.97. The van der Waals surface area contributed by atoms with Gasteiger partial charge in [0.15, 0.2) is 0 Å². The minimum Gasteiger partial charge on any atom is -0.371 e. The van der Waals surface area contributed by atoms with Crippen molar-refractivity contribution in [2.45, 2.75) is 18.2 Å². The van der Waals surface area contributed by atoms with Gasteiger partial charge in [0.1, 0.15) is 0 Å². The topological polar surface area (TPSA) is 21.3 Å². The lowest BCUT2D eigenvalue weighted by Crippen LogP contribution is -2.27. The van der Waals surface area contributed by atoms with E-state index in [9.17, 15) is 13.2 Å². The van der Waals surface area contributed by atoms with E-state index in [4.69, 9.17) is 4.74 Å². The van der Waals surface area contributed by atoms with Crippen LogP contribution < -0.4 is 5.32 Å². The third-order valence-corrected chi connectivity index (χ3v) is 4.93. The quantitative estimate of drug-likeness (QED) is 0.913. The van der Waals surface area contributed by atoms with Crippen molar-refractivity contribution in [1.29, 1.82) is 0 Å². The lowest BCUT2D eigenvalue weighted by Gasteiger charge is -2.29. The molecule has 1 aromatic heterocycles. The van der Waals surface area contributed by atoms with Gasteiger partial charge in [-0.2, -0.15) is 13.2 Å². The third-order valence-electron chi connectivity index (χ3n) is 3.88. The molecule has 118 valence electrons. The molecule has 3 rings (SSSR count). The first-order valence-electron chi connectivity index (χ1n) is 7.01. The number of likely N-dealkylation sites (N-methyl/N-ethyl adjacent to an activating group) is 1. The van der Waals surface area contributed by atoms with Gasteiger partial charge < -0.3 is 10.1 Å². The van der Waals surface area contributed by atoms with Crippen LogP contribution in [0.5, 0.6) is 0 Å². The Morgan fingerprint density at radius 1 is 1.23 bits per heavy atom. The van der Waals surface area contributed by atoms with Gasteiger partial charge in [-0.3, -0.25) is 0 Å². The maximum atomic E-state index is 12.7. The summed E-state index contributed by atoms with van der Waals surface area (Å²) in [5, 5.41) is 5.11. The molecule has 0 bridgehead atoms. The maximum Gasteiger partial charge on any atom is 0.416 e. The van der Waals surface area contributed by atoms with Gasteiger partial charge in [0.25, 0.3) is 0 Å². The summed E-state index contributed by atoms with van der Waals surface area (Å²) >= 11 is 1.64. The van der Waals surface area contributed by atoms with Crippen molar-refractivity contribution in [1.82, 2.24) is 5.32 Å². The van der Waals surface area contributed by atoms with E-state index < -0.39 is 11.7 Å². The van der Waals surface area contributed by atoms with Gasteiger partial charge in [-0.05, 0) is 41.8 Å². The van der Waals surface area contributed by atoms with Crippen LogP contribution in [0.4, 0.5) is 13.2 Å². The molecule has 0 aliphatic carbocycles. The molecule has 1 aliphatic rings. The number of fused-ring (bicyclic) bond motifs is 1. The molecule has 2 unspecified atom stereocenters. The van der Waals surface area contributed by atoms with Crippen molar-refractivity contribution in [2.75, 3.05) is 20.2 Å². The average molecular weight is 327 g/mol. The molecule has 22 heavy (non-hydrogen) atoms. The fourth-order valence-corrected chi connectivity index (χ4v) is 3.83. The Labute approximate surface area is 130 Å². The summed E-state index contributed by atoms with van der Waals surface area (Å²) in [7, 11) is 1.87. The van der Waals surface area contributed by atoms with E-state index in [-0.39, 0.29) is 12.0 Å². The normalized spacial score (nSPS) is 21.6. The van der Waals surface area contributed by atoms with E-state index in [0.29, 0.717) is 6.61 Å². The Morgan fingerprint density at radius 2 is 1.95 bits per heavy atom. The van der Waals surface area contributed by atoms with Gasteiger partial charge in [0.2, 0.25) is 0 Å². The number of rotatable bonds is 3.